The van der Waals surface area contributed by atoms with E-state index in [1.807, 2.05) is 0 Å². The van der Waals surface area contributed by atoms with E-state index in [0.29, 0.717) is 37.5 Å². The number of fused-ring (bicyclic) bond motifs is 1. The summed E-state index contributed by atoms with van der Waals surface area (Å²) >= 11 is 0. The largest absolute Gasteiger partial charge is 0.462 e. The lowest BCUT2D eigenvalue weighted by Gasteiger charge is -2.55. The Bertz CT molecular complexity index is 1510. The number of esters is 6. The number of carbonyl (C=O) groups is 8. The minimum absolute atomic E-state index is 0.0775. The average Bonchev–Trinajstić information content (AvgIpc) is 3.48. The Morgan fingerprint density at radius 2 is 0.710 bits per heavy atom. The van der Waals surface area contributed by atoms with Crippen molar-refractivity contribution in [3.8, 4) is 0 Å². The SMILES string of the molecule is C=CC(=O)OCC(COC(=O)C=C)(COC(=O)C=C)COC(=O)NC12CCC1(NC(=O)OCC(COC(=O)C=C)(COC(=O)C=C)COC(=O)C=C)CC(C1CCC(C)CC1)C2. The molecule has 0 spiro atoms. The lowest BCUT2D eigenvalue weighted by atomic mass is 9.62. The number of nitrogens with one attached hydrogen (secondary N) is 2. The molecule has 340 valence electrons. The molecule has 18 nitrogen and oxygen atoms in total. The van der Waals surface area contributed by atoms with E-state index in [0.717, 1.165) is 62.1 Å². The fourth-order valence-electron chi connectivity index (χ4n) is 7.95. The molecule has 3 aliphatic carbocycles. The van der Waals surface area contributed by atoms with Gasteiger partial charge in [0, 0.05) is 36.5 Å². The van der Waals surface area contributed by atoms with Crippen LogP contribution in [0.3, 0.4) is 0 Å². The number of hydrogen-bond donors (Lipinski definition) is 2. The van der Waals surface area contributed by atoms with Crippen LogP contribution in [0.2, 0.25) is 0 Å². The van der Waals surface area contributed by atoms with Gasteiger partial charge in [-0.3, -0.25) is 0 Å². The molecule has 2 atom stereocenters. The van der Waals surface area contributed by atoms with E-state index < -0.39 is 123 Å². The van der Waals surface area contributed by atoms with Gasteiger partial charge in [0.25, 0.3) is 0 Å². The Labute approximate surface area is 361 Å². The number of amides is 2. The van der Waals surface area contributed by atoms with Gasteiger partial charge in [0.15, 0.2) is 0 Å². The van der Waals surface area contributed by atoms with Gasteiger partial charge in [-0.25, -0.2) is 38.4 Å². The van der Waals surface area contributed by atoms with E-state index >= 15 is 0 Å². The van der Waals surface area contributed by atoms with E-state index in [1.165, 1.54) is 0 Å². The van der Waals surface area contributed by atoms with Crippen molar-refractivity contribution in [2.45, 2.75) is 69.4 Å². The lowest BCUT2D eigenvalue weighted by molar-refractivity contribution is -0.161. The summed E-state index contributed by atoms with van der Waals surface area (Å²) in [6.45, 7) is 18.1. The van der Waals surface area contributed by atoms with Crippen LogP contribution in [0.5, 0.6) is 0 Å². The molecule has 0 bridgehead atoms. The molecule has 2 unspecified atom stereocenters. The van der Waals surface area contributed by atoms with Crippen LogP contribution >= 0.6 is 0 Å². The van der Waals surface area contributed by atoms with Crippen LogP contribution in [0.15, 0.2) is 75.9 Å². The molecule has 2 N–H and O–H groups in total. The van der Waals surface area contributed by atoms with E-state index in [9.17, 15) is 38.4 Å². The summed E-state index contributed by atoms with van der Waals surface area (Å²) in [4.78, 5) is 100. The highest BCUT2D eigenvalue weighted by molar-refractivity contribution is 5.83. The molecule has 0 saturated heterocycles. The van der Waals surface area contributed by atoms with Crippen molar-refractivity contribution in [1.82, 2.24) is 10.6 Å². The van der Waals surface area contributed by atoms with Crippen LogP contribution in [-0.2, 0) is 66.7 Å². The Morgan fingerprint density at radius 1 is 0.452 bits per heavy atom. The van der Waals surface area contributed by atoms with Gasteiger partial charge < -0.3 is 48.5 Å². The first-order valence-corrected chi connectivity index (χ1v) is 20.1. The van der Waals surface area contributed by atoms with Crippen LogP contribution in [0.1, 0.15) is 58.3 Å². The van der Waals surface area contributed by atoms with Crippen molar-refractivity contribution in [2.75, 3.05) is 52.9 Å². The number of carbonyl (C=O) groups excluding carboxylic acids is 8. The van der Waals surface area contributed by atoms with Gasteiger partial charge in [-0.1, -0.05) is 59.2 Å². The third-order valence-corrected chi connectivity index (χ3v) is 11.7. The maximum absolute atomic E-state index is 13.9. The zero-order valence-corrected chi connectivity index (χ0v) is 35.3. The Morgan fingerprint density at radius 3 is 0.952 bits per heavy atom. The zero-order chi connectivity index (χ0) is 46.0. The van der Waals surface area contributed by atoms with Gasteiger partial charge >= 0.3 is 48.0 Å². The number of ether oxygens (including phenoxy) is 8. The molecule has 3 rings (SSSR count). The van der Waals surface area contributed by atoms with Gasteiger partial charge in [0.1, 0.15) is 63.7 Å². The first-order chi connectivity index (χ1) is 29.5. The predicted octanol–water partition coefficient (Wildman–Crippen LogP) is 4.29. The van der Waals surface area contributed by atoms with Crippen LogP contribution in [0, 0.1) is 28.6 Å². The maximum atomic E-state index is 13.9. The summed E-state index contributed by atoms with van der Waals surface area (Å²) in [5.74, 6) is -4.13. The van der Waals surface area contributed by atoms with Crippen molar-refractivity contribution in [3.05, 3.63) is 75.9 Å². The summed E-state index contributed by atoms with van der Waals surface area (Å²) < 4.78 is 42.9. The molecule has 0 radical (unpaired) electrons. The Kier molecular flexibility index (Phi) is 18.7. The van der Waals surface area contributed by atoms with E-state index in [4.69, 9.17) is 37.9 Å². The van der Waals surface area contributed by atoms with E-state index in [2.05, 4.69) is 57.0 Å². The molecule has 3 aliphatic rings. The highest BCUT2D eigenvalue weighted by atomic mass is 16.6. The molecular weight excluding hydrogens is 812 g/mol. The van der Waals surface area contributed by atoms with E-state index in [1.54, 1.807) is 0 Å². The normalized spacial score (nSPS) is 22.5. The summed E-state index contributed by atoms with van der Waals surface area (Å²) in [5.41, 5.74) is -5.25. The minimum atomic E-state index is -1.59. The summed E-state index contributed by atoms with van der Waals surface area (Å²) in [7, 11) is 0. The fourth-order valence-corrected chi connectivity index (χ4v) is 7.95. The second kappa shape index (κ2) is 23.1. The topological polar surface area (TPSA) is 234 Å². The first-order valence-electron chi connectivity index (χ1n) is 20.1. The quantitative estimate of drug-likeness (QED) is 0.0740. The standard InChI is InChI=1S/C44H58N2O16/c1-8-33(47)55-22-41(23-56-34(48)9-2,24-57-35(49)10-3)28-61-39(53)45-43-18-19-44(43,21-32(20-43)31-16-14-30(7)15-17-31)46-40(54)62-29-42(25-58-36(50)11-4,26-59-37(51)12-5)27-60-38(52)13-6/h8-13,30-32H,1-6,14-29H2,7H3,(H,45,53)(H,46,54). The summed E-state index contributed by atoms with van der Waals surface area (Å²) in [6, 6.07) is 0. The van der Waals surface area contributed by atoms with Gasteiger partial charge in [-0.15, -0.1) is 0 Å². The molecule has 3 saturated carbocycles. The minimum Gasteiger partial charge on any atom is -0.462 e. The molecule has 0 heterocycles. The highest BCUT2D eigenvalue weighted by Gasteiger charge is 2.67. The Hall–Kier alpha value is -6.20. The van der Waals surface area contributed by atoms with Crippen LogP contribution in [0.25, 0.3) is 0 Å². The number of alkyl carbamates (subject to hydrolysis) is 2. The second-order valence-corrected chi connectivity index (χ2v) is 16.1. The van der Waals surface area contributed by atoms with E-state index in [-0.39, 0.29) is 5.92 Å². The Balaban J connectivity index is 1.91. The number of rotatable bonds is 25. The lowest BCUT2D eigenvalue weighted by Crippen LogP contribution is -2.75. The third-order valence-electron chi connectivity index (χ3n) is 11.7. The second-order valence-electron chi connectivity index (χ2n) is 16.1. The molecule has 0 aromatic heterocycles. The smallest absolute Gasteiger partial charge is 0.407 e. The average molecular weight is 871 g/mol. The molecule has 18 heteroatoms. The molecule has 0 aromatic carbocycles. The molecular formula is C44H58N2O16. The first kappa shape index (κ1) is 50.2. The van der Waals surface area contributed by atoms with Crippen molar-refractivity contribution in [1.29, 1.82) is 0 Å². The zero-order valence-electron chi connectivity index (χ0n) is 35.3. The molecule has 0 aromatic rings. The van der Waals surface area contributed by atoms with Crippen LogP contribution in [-0.4, -0.2) is 112 Å². The van der Waals surface area contributed by atoms with Crippen molar-refractivity contribution < 1.29 is 76.3 Å². The number of hydrogen-bond acceptors (Lipinski definition) is 16. The van der Waals surface area contributed by atoms with Crippen LogP contribution < -0.4 is 10.6 Å². The van der Waals surface area contributed by atoms with Crippen LogP contribution in [0.4, 0.5) is 9.59 Å². The van der Waals surface area contributed by atoms with Crippen molar-refractivity contribution in [2.24, 2.45) is 28.6 Å². The molecule has 2 amide bonds. The molecule has 62 heavy (non-hydrogen) atoms. The maximum Gasteiger partial charge on any atom is 0.407 e. The van der Waals surface area contributed by atoms with Gasteiger partial charge in [0.05, 0.1) is 11.1 Å². The predicted molar refractivity (Wildman–Crippen MR) is 219 cm³/mol. The van der Waals surface area contributed by atoms with Gasteiger partial charge in [-0.2, -0.15) is 0 Å². The third kappa shape index (κ3) is 13.9. The summed E-state index contributed by atoms with van der Waals surface area (Å²) in [5, 5.41) is 6.01. The molecule has 3 fully saturated rings. The molecule has 0 aliphatic heterocycles. The van der Waals surface area contributed by atoms with Gasteiger partial charge in [-0.05, 0) is 56.3 Å². The van der Waals surface area contributed by atoms with Crippen molar-refractivity contribution in [3.63, 3.8) is 0 Å². The van der Waals surface area contributed by atoms with Gasteiger partial charge in [0.2, 0.25) is 0 Å². The van der Waals surface area contributed by atoms with Crippen molar-refractivity contribution >= 4 is 48.0 Å². The highest BCUT2D eigenvalue weighted by Crippen LogP contribution is 2.59. The monoisotopic (exact) mass is 870 g/mol. The summed E-state index contributed by atoms with van der Waals surface area (Å²) in [6.07, 6.45) is 9.35. The fraction of sp³-hybridized carbons (Fsp3) is 0.545.